The molecule has 1 amide bonds. The highest BCUT2D eigenvalue weighted by Crippen LogP contribution is 2.29. The molecule has 3 rings (SSSR count). The summed E-state index contributed by atoms with van der Waals surface area (Å²) < 4.78 is 2.08. The summed E-state index contributed by atoms with van der Waals surface area (Å²) in [6, 6.07) is 5.95. The van der Waals surface area contributed by atoms with Crippen LogP contribution in [0.25, 0.3) is 5.65 Å². The zero-order valence-electron chi connectivity index (χ0n) is 12.7. The second kappa shape index (κ2) is 5.04. The van der Waals surface area contributed by atoms with E-state index in [0.29, 0.717) is 13.1 Å². The number of carbonyl (C=O) groups is 1. The highest BCUT2D eigenvalue weighted by Gasteiger charge is 2.39. The van der Waals surface area contributed by atoms with Gasteiger partial charge in [-0.25, -0.2) is 4.98 Å². The smallest absolute Gasteiger partial charge is 0.245 e. The second-order valence-corrected chi connectivity index (χ2v) is 5.81. The Morgan fingerprint density at radius 3 is 3.00 bits per heavy atom. The summed E-state index contributed by atoms with van der Waals surface area (Å²) in [5.41, 5.74) is 1.38. The van der Waals surface area contributed by atoms with Gasteiger partial charge < -0.3 is 19.9 Å². The summed E-state index contributed by atoms with van der Waals surface area (Å²) in [5.74, 6) is 0.927. The van der Waals surface area contributed by atoms with Crippen LogP contribution >= 0.6 is 0 Å². The Labute approximate surface area is 124 Å². The fraction of sp³-hybridized carbons (Fsp3) is 0.467. The summed E-state index contributed by atoms with van der Waals surface area (Å²) >= 11 is 0. The molecule has 1 aliphatic rings. The highest BCUT2D eigenvalue weighted by atomic mass is 16.2. The van der Waals surface area contributed by atoms with Crippen LogP contribution < -0.4 is 15.5 Å². The van der Waals surface area contributed by atoms with Crippen molar-refractivity contribution in [2.75, 3.05) is 25.0 Å². The molecule has 6 nitrogen and oxygen atoms in total. The van der Waals surface area contributed by atoms with Crippen LogP contribution in [0.5, 0.6) is 0 Å². The predicted octanol–water partition coefficient (Wildman–Crippen LogP) is 0.768. The van der Waals surface area contributed by atoms with Crippen LogP contribution in [0, 0.1) is 0 Å². The van der Waals surface area contributed by atoms with Gasteiger partial charge in [0.15, 0.2) is 5.82 Å². The monoisotopic (exact) mass is 287 g/mol. The average Bonchev–Trinajstić information content (AvgIpc) is 2.81. The van der Waals surface area contributed by atoms with Crippen molar-refractivity contribution in [3.05, 3.63) is 30.1 Å². The van der Waals surface area contributed by atoms with Crippen molar-refractivity contribution >= 4 is 17.4 Å². The number of aromatic nitrogens is 2. The van der Waals surface area contributed by atoms with E-state index in [2.05, 4.69) is 19.9 Å². The molecule has 112 valence electrons. The lowest BCUT2D eigenvalue weighted by atomic mass is 9.99. The molecule has 1 saturated heterocycles. The number of nitrogens with zero attached hydrogens (tertiary/aromatic N) is 3. The minimum absolute atomic E-state index is 0.0428. The molecular formula is C15H21N5O. The van der Waals surface area contributed by atoms with Gasteiger partial charge >= 0.3 is 0 Å². The maximum absolute atomic E-state index is 12.2. The Kier molecular flexibility index (Phi) is 3.33. The zero-order chi connectivity index (χ0) is 15.0. The van der Waals surface area contributed by atoms with Crippen LogP contribution in [-0.4, -0.2) is 41.0 Å². The van der Waals surface area contributed by atoms with E-state index in [1.54, 1.807) is 0 Å². The lowest BCUT2D eigenvalue weighted by molar-refractivity contribution is -0.126. The molecule has 1 aliphatic heterocycles. The van der Waals surface area contributed by atoms with Gasteiger partial charge in [0.2, 0.25) is 5.91 Å². The van der Waals surface area contributed by atoms with Crippen molar-refractivity contribution < 1.29 is 4.79 Å². The standard InChI is InChI=1S/C15H21N5O/c1-15(2)14(21)17-7-9-20(15)13-11(10-16-3)19-8-5-4-6-12(19)18-13/h4-6,8,16H,7,9-10H2,1-3H3,(H,17,21). The molecule has 1 fully saturated rings. The maximum Gasteiger partial charge on any atom is 0.245 e. The van der Waals surface area contributed by atoms with E-state index in [4.69, 9.17) is 4.98 Å². The van der Waals surface area contributed by atoms with E-state index in [0.717, 1.165) is 23.7 Å². The van der Waals surface area contributed by atoms with Crippen LogP contribution in [0.15, 0.2) is 24.4 Å². The van der Waals surface area contributed by atoms with Gasteiger partial charge in [0.25, 0.3) is 0 Å². The lowest BCUT2D eigenvalue weighted by Crippen LogP contribution is -2.62. The van der Waals surface area contributed by atoms with Crippen LogP contribution in [0.1, 0.15) is 19.5 Å². The SMILES string of the molecule is CNCc1c(N2CCNC(=O)C2(C)C)nc2ccccn12. The largest absolute Gasteiger partial charge is 0.352 e. The van der Waals surface area contributed by atoms with Crippen molar-refractivity contribution in [3.8, 4) is 0 Å². The van der Waals surface area contributed by atoms with Gasteiger partial charge in [-0.15, -0.1) is 0 Å². The molecule has 0 aliphatic carbocycles. The summed E-state index contributed by atoms with van der Waals surface area (Å²) in [6.07, 6.45) is 2.01. The highest BCUT2D eigenvalue weighted by molar-refractivity contribution is 5.90. The molecule has 0 aromatic carbocycles. The molecule has 0 saturated carbocycles. The number of hydrogen-bond acceptors (Lipinski definition) is 4. The minimum Gasteiger partial charge on any atom is -0.352 e. The lowest BCUT2D eigenvalue weighted by Gasteiger charge is -2.41. The van der Waals surface area contributed by atoms with Gasteiger partial charge in [0, 0.05) is 25.8 Å². The molecule has 2 aromatic rings. The normalized spacial score (nSPS) is 18.0. The molecule has 6 heteroatoms. The van der Waals surface area contributed by atoms with E-state index in [1.165, 1.54) is 0 Å². The molecule has 0 spiro atoms. The number of pyridine rings is 1. The number of rotatable bonds is 3. The Morgan fingerprint density at radius 1 is 1.43 bits per heavy atom. The van der Waals surface area contributed by atoms with E-state index < -0.39 is 5.54 Å². The van der Waals surface area contributed by atoms with E-state index in [9.17, 15) is 4.79 Å². The molecule has 0 bridgehead atoms. The second-order valence-electron chi connectivity index (χ2n) is 5.81. The Bertz CT molecular complexity index is 676. The van der Waals surface area contributed by atoms with E-state index >= 15 is 0 Å². The number of carbonyl (C=O) groups excluding carboxylic acids is 1. The molecule has 3 heterocycles. The fourth-order valence-corrected chi connectivity index (χ4v) is 2.85. The third-order valence-corrected chi connectivity index (χ3v) is 4.06. The third kappa shape index (κ3) is 2.15. The summed E-state index contributed by atoms with van der Waals surface area (Å²) in [5, 5.41) is 6.12. The molecule has 0 atom stereocenters. The number of anilines is 1. The quantitative estimate of drug-likeness (QED) is 0.875. The maximum atomic E-state index is 12.2. The van der Waals surface area contributed by atoms with Gasteiger partial charge in [-0.05, 0) is 33.0 Å². The van der Waals surface area contributed by atoms with Gasteiger partial charge in [0.05, 0.1) is 5.69 Å². The fourth-order valence-electron chi connectivity index (χ4n) is 2.85. The Morgan fingerprint density at radius 2 is 2.24 bits per heavy atom. The van der Waals surface area contributed by atoms with E-state index in [-0.39, 0.29) is 5.91 Å². The van der Waals surface area contributed by atoms with Crippen LogP contribution in [-0.2, 0) is 11.3 Å². The first-order chi connectivity index (χ1) is 10.1. The van der Waals surface area contributed by atoms with Crippen LogP contribution in [0.2, 0.25) is 0 Å². The minimum atomic E-state index is -0.599. The van der Waals surface area contributed by atoms with Gasteiger partial charge in [-0.2, -0.15) is 0 Å². The number of nitrogens with one attached hydrogen (secondary N) is 2. The van der Waals surface area contributed by atoms with Gasteiger partial charge in [0.1, 0.15) is 11.2 Å². The van der Waals surface area contributed by atoms with Crippen molar-refractivity contribution in [1.29, 1.82) is 0 Å². The van der Waals surface area contributed by atoms with Crippen molar-refractivity contribution in [3.63, 3.8) is 0 Å². The number of imidazole rings is 1. The molecule has 21 heavy (non-hydrogen) atoms. The Hall–Kier alpha value is -2.08. The third-order valence-electron chi connectivity index (χ3n) is 4.06. The molecule has 2 N–H and O–H groups in total. The van der Waals surface area contributed by atoms with Crippen molar-refractivity contribution in [2.45, 2.75) is 25.9 Å². The first kappa shape index (κ1) is 13.9. The first-order valence-electron chi connectivity index (χ1n) is 7.22. The Balaban J connectivity index is 2.14. The van der Waals surface area contributed by atoms with Gasteiger partial charge in [-0.3, -0.25) is 4.79 Å². The summed E-state index contributed by atoms with van der Waals surface area (Å²) in [6.45, 7) is 5.99. The van der Waals surface area contributed by atoms with Crippen molar-refractivity contribution in [1.82, 2.24) is 20.0 Å². The topological polar surface area (TPSA) is 61.7 Å². The number of piperazine rings is 1. The molecule has 0 radical (unpaired) electrons. The van der Waals surface area contributed by atoms with E-state index in [1.807, 2.05) is 45.3 Å². The first-order valence-corrected chi connectivity index (χ1v) is 7.22. The van der Waals surface area contributed by atoms with Crippen LogP contribution in [0.3, 0.4) is 0 Å². The number of hydrogen-bond donors (Lipinski definition) is 2. The van der Waals surface area contributed by atoms with Crippen molar-refractivity contribution in [2.24, 2.45) is 0 Å². The molecule has 2 aromatic heterocycles. The van der Waals surface area contributed by atoms with Crippen LogP contribution in [0.4, 0.5) is 5.82 Å². The molecule has 0 unspecified atom stereocenters. The predicted molar refractivity (Wildman–Crippen MR) is 82.4 cm³/mol. The average molecular weight is 287 g/mol. The molecular weight excluding hydrogens is 266 g/mol. The van der Waals surface area contributed by atoms with Gasteiger partial charge in [-0.1, -0.05) is 6.07 Å². The number of amides is 1. The summed E-state index contributed by atoms with van der Waals surface area (Å²) in [7, 11) is 1.92. The number of fused-ring (bicyclic) bond motifs is 1. The zero-order valence-corrected chi connectivity index (χ0v) is 12.7. The summed E-state index contributed by atoms with van der Waals surface area (Å²) in [4.78, 5) is 19.0.